The van der Waals surface area contributed by atoms with Crippen LogP contribution in [0.25, 0.3) is 0 Å². The zero-order valence-corrected chi connectivity index (χ0v) is 9.42. The maximum absolute atomic E-state index is 12.3. The molecule has 1 atom stereocenters. The zero-order valence-electron chi connectivity index (χ0n) is 9.42. The molecule has 1 aromatic carbocycles. The molecule has 1 unspecified atom stereocenters. The van der Waals surface area contributed by atoms with Gasteiger partial charge in [0.1, 0.15) is 0 Å². The van der Waals surface area contributed by atoms with Crippen LogP contribution in [0.5, 0.6) is 0 Å². The van der Waals surface area contributed by atoms with Gasteiger partial charge in [0.05, 0.1) is 5.56 Å². The van der Waals surface area contributed by atoms with E-state index in [4.69, 9.17) is 5.73 Å². The van der Waals surface area contributed by atoms with Gasteiger partial charge in [-0.05, 0) is 18.6 Å². The maximum Gasteiger partial charge on any atom is 0.416 e. The highest BCUT2D eigenvalue weighted by Gasteiger charge is 2.30. The first kappa shape index (κ1) is 13.7. The first-order chi connectivity index (χ1) is 7.90. The Bertz CT molecular complexity index is 380. The molecule has 0 aromatic heterocycles. The minimum absolute atomic E-state index is 0.205. The molecule has 0 fully saturated rings. The second-order valence-electron chi connectivity index (χ2n) is 3.78. The SMILES string of the molecule is CCC(CN)C(=O)c1ccc(C(F)(F)F)cc1. The lowest BCUT2D eigenvalue weighted by Crippen LogP contribution is -2.23. The minimum Gasteiger partial charge on any atom is -0.330 e. The molecule has 0 aliphatic carbocycles. The van der Waals surface area contributed by atoms with Crippen molar-refractivity contribution < 1.29 is 18.0 Å². The summed E-state index contributed by atoms with van der Waals surface area (Å²) in [6, 6.07) is 4.22. The van der Waals surface area contributed by atoms with E-state index in [-0.39, 0.29) is 23.8 Å². The third kappa shape index (κ3) is 3.30. The lowest BCUT2D eigenvalue weighted by molar-refractivity contribution is -0.137. The second-order valence-corrected chi connectivity index (χ2v) is 3.78. The number of hydrogen-bond donors (Lipinski definition) is 1. The molecule has 0 amide bonds. The van der Waals surface area contributed by atoms with Crippen LogP contribution in [-0.2, 0) is 6.18 Å². The van der Waals surface area contributed by atoms with Crippen LogP contribution in [0.15, 0.2) is 24.3 Å². The first-order valence-electron chi connectivity index (χ1n) is 5.31. The Morgan fingerprint density at radius 3 is 2.18 bits per heavy atom. The topological polar surface area (TPSA) is 43.1 Å². The van der Waals surface area contributed by atoms with E-state index in [0.29, 0.717) is 6.42 Å². The third-order valence-corrected chi connectivity index (χ3v) is 2.64. The Balaban J connectivity index is 2.91. The van der Waals surface area contributed by atoms with Crippen molar-refractivity contribution >= 4 is 5.78 Å². The molecular weight excluding hydrogens is 231 g/mol. The Morgan fingerprint density at radius 1 is 1.29 bits per heavy atom. The van der Waals surface area contributed by atoms with E-state index in [9.17, 15) is 18.0 Å². The molecule has 0 aliphatic rings. The third-order valence-electron chi connectivity index (χ3n) is 2.64. The van der Waals surface area contributed by atoms with Gasteiger partial charge >= 0.3 is 6.18 Å². The number of rotatable bonds is 4. The minimum atomic E-state index is -4.38. The predicted octanol–water partition coefficient (Wildman–Crippen LogP) is 2.87. The van der Waals surface area contributed by atoms with Gasteiger partial charge in [0, 0.05) is 18.0 Å². The average molecular weight is 245 g/mol. The summed E-state index contributed by atoms with van der Waals surface area (Å²) in [6.45, 7) is 2.02. The van der Waals surface area contributed by atoms with E-state index >= 15 is 0 Å². The van der Waals surface area contributed by atoms with Crippen molar-refractivity contribution in [2.75, 3.05) is 6.54 Å². The van der Waals surface area contributed by atoms with Crippen LogP contribution in [0, 0.1) is 5.92 Å². The summed E-state index contributed by atoms with van der Waals surface area (Å²) >= 11 is 0. The fraction of sp³-hybridized carbons (Fsp3) is 0.417. The number of ketones is 1. The van der Waals surface area contributed by atoms with Gasteiger partial charge in [0.25, 0.3) is 0 Å². The molecular formula is C12H14F3NO. The molecule has 0 bridgehead atoms. The van der Waals surface area contributed by atoms with Crippen molar-refractivity contribution in [2.45, 2.75) is 19.5 Å². The maximum atomic E-state index is 12.3. The van der Waals surface area contributed by atoms with Crippen molar-refractivity contribution in [3.05, 3.63) is 35.4 Å². The van der Waals surface area contributed by atoms with Crippen LogP contribution in [0.2, 0.25) is 0 Å². The van der Waals surface area contributed by atoms with E-state index in [1.165, 1.54) is 12.1 Å². The van der Waals surface area contributed by atoms with E-state index in [1.807, 2.05) is 6.92 Å². The van der Waals surface area contributed by atoms with Crippen molar-refractivity contribution in [3.63, 3.8) is 0 Å². The molecule has 2 nitrogen and oxygen atoms in total. The summed E-state index contributed by atoms with van der Waals surface area (Å²) < 4.78 is 36.9. The molecule has 17 heavy (non-hydrogen) atoms. The van der Waals surface area contributed by atoms with Crippen molar-refractivity contribution in [2.24, 2.45) is 11.7 Å². The van der Waals surface area contributed by atoms with Gasteiger partial charge in [-0.2, -0.15) is 13.2 Å². The molecule has 1 aromatic rings. The van der Waals surface area contributed by atoms with Crippen LogP contribution in [0.3, 0.4) is 0 Å². The fourth-order valence-corrected chi connectivity index (χ4v) is 1.52. The molecule has 5 heteroatoms. The summed E-state index contributed by atoms with van der Waals surface area (Å²) in [6.07, 6.45) is -3.80. The fourth-order valence-electron chi connectivity index (χ4n) is 1.52. The molecule has 1 rings (SSSR count). The zero-order chi connectivity index (χ0) is 13.1. The van der Waals surface area contributed by atoms with Crippen molar-refractivity contribution in [1.29, 1.82) is 0 Å². The number of halogens is 3. The molecule has 0 aliphatic heterocycles. The molecule has 0 heterocycles. The van der Waals surface area contributed by atoms with E-state index in [1.54, 1.807) is 0 Å². The summed E-state index contributed by atoms with van der Waals surface area (Å²) in [5.41, 5.74) is 4.94. The molecule has 94 valence electrons. The Labute approximate surface area is 97.6 Å². The van der Waals surface area contributed by atoms with Gasteiger partial charge in [0.2, 0.25) is 0 Å². The Kier molecular flexibility index (Phi) is 4.28. The van der Waals surface area contributed by atoms with E-state index in [2.05, 4.69) is 0 Å². The highest BCUT2D eigenvalue weighted by atomic mass is 19.4. The number of hydrogen-bond acceptors (Lipinski definition) is 2. The van der Waals surface area contributed by atoms with Gasteiger partial charge < -0.3 is 5.73 Å². The first-order valence-corrected chi connectivity index (χ1v) is 5.31. The number of benzene rings is 1. The van der Waals surface area contributed by atoms with Gasteiger partial charge in [-0.3, -0.25) is 4.79 Å². The van der Waals surface area contributed by atoms with Crippen LogP contribution in [0.1, 0.15) is 29.3 Å². The number of carbonyl (C=O) groups is 1. The molecule has 0 radical (unpaired) electrons. The van der Waals surface area contributed by atoms with Crippen LogP contribution in [0.4, 0.5) is 13.2 Å². The van der Waals surface area contributed by atoms with Gasteiger partial charge in [-0.15, -0.1) is 0 Å². The molecule has 0 spiro atoms. The van der Waals surface area contributed by atoms with Crippen molar-refractivity contribution in [1.82, 2.24) is 0 Å². The molecule has 0 saturated carbocycles. The van der Waals surface area contributed by atoms with Crippen LogP contribution >= 0.6 is 0 Å². The smallest absolute Gasteiger partial charge is 0.330 e. The van der Waals surface area contributed by atoms with Crippen LogP contribution < -0.4 is 5.73 Å². The summed E-state index contributed by atoms with van der Waals surface area (Å²) in [7, 11) is 0. The Morgan fingerprint density at radius 2 is 1.82 bits per heavy atom. The number of carbonyl (C=O) groups excluding carboxylic acids is 1. The van der Waals surface area contributed by atoms with Crippen molar-refractivity contribution in [3.8, 4) is 0 Å². The van der Waals surface area contributed by atoms with Crippen LogP contribution in [-0.4, -0.2) is 12.3 Å². The van der Waals surface area contributed by atoms with Gasteiger partial charge in [-0.1, -0.05) is 19.1 Å². The lowest BCUT2D eigenvalue weighted by atomic mass is 9.95. The van der Waals surface area contributed by atoms with E-state index < -0.39 is 11.7 Å². The predicted molar refractivity (Wildman–Crippen MR) is 58.6 cm³/mol. The number of Topliss-reactive ketones (excluding diaryl/α,β-unsaturated/α-hetero) is 1. The normalized spacial score (nSPS) is 13.5. The number of alkyl halides is 3. The standard InChI is InChI=1S/C12H14F3NO/c1-2-8(7-16)11(17)9-3-5-10(6-4-9)12(13,14)15/h3-6,8H,2,7,16H2,1H3. The Hall–Kier alpha value is -1.36. The molecule has 2 N–H and O–H groups in total. The summed E-state index contributed by atoms with van der Waals surface area (Å²) in [4.78, 5) is 11.8. The lowest BCUT2D eigenvalue weighted by Gasteiger charge is -2.12. The van der Waals surface area contributed by atoms with Gasteiger partial charge in [0.15, 0.2) is 5.78 Å². The van der Waals surface area contributed by atoms with Gasteiger partial charge in [-0.25, -0.2) is 0 Å². The largest absolute Gasteiger partial charge is 0.416 e. The monoisotopic (exact) mass is 245 g/mol. The molecule has 0 saturated heterocycles. The number of nitrogens with two attached hydrogens (primary N) is 1. The van der Waals surface area contributed by atoms with E-state index in [0.717, 1.165) is 12.1 Å². The quantitative estimate of drug-likeness (QED) is 0.829. The summed E-state index contributed by atoms with van der Waals surface area (Å²) in [5.74, 6) is -0.532. The average Bonchev–Trinajstić information content (AvgIpc) is 2.29. The summed E-state index contributed by atoms with van der Waals surface area (Å²) in [5, 5.41) is 0. The highest BCUT2D eigenvalue weighted by molar-refractivity contribution is 5.98. The highest BCUT2D eigenvalue weighted by Crippen LogP contribution is 2.29. The second kappa shape index (κ2) is 5.31.